The van der Waals surface area contributed by atoms with Crippen molar-refractivity contribution >= 4 is 16.9 Å². The Bertz CT molecular complexity index is 1250. The molecule has 0 bridgehead atoms. The van der Waals surface area contributed by atoms with Crippen molar-refractivity contribution in [2.75, 3.05) is 12.8 Å². The molecule has 32 heavy (non-hydrogen) atoms. The van der Waals surface area contributed by atoms with Crippen LogP contribution in [0.1, 0.15) is 38.1 Å². The van der Waals surface area contributed by atoms with E-state index in [1.54, 1.807) is 30.3 Å². The summed E-state index contributed by atoms with van der Waals surface area (Å²) >= 11 is 0. The molecule has 0 saturated heterocycles. The number of nitrogens with zero attached hydrogens (tertiary/aromatic N) is 4. The van der Waals surface area contributed by atoms with Gasteiger partial charge in [-0.2, -0.15) is 9.49 Å². The summed E-state index contributed by atoms with van der Waals surface area (Å²) in [6.07, 6.45) is 7.29. The van der Waals surface area contributed by atoms with Gasteiger partial charge in [0.15, 0.2) is 17.1 Å². The van der Waals surface area contributed by atoms with Gasteiger partial charge in [0.05, 0.1) is 18.5 Å². The van der Waals surface area contributed by atoms with E-state index in [9.17, 15) is 4.39 Å². The number of rotatable bonds is 5. The summed E-state index contributed by atoms with van der Waals surface area (Å²) in [5.41, 5.74) is 8.60. The van der Waals surface area contributed by atoms with Gasteiger partial charge in [-0.25, -0.2) is 14.6 Å². The fraction of sp³-hybridized carbons (Fsp3) is 0.292. The third-order valence-electron chi connectivity index (χ3n) is 5.94. The second-order valence-corrected chi connectivity index (χ2v) is 7.94. The van der Waals surface area contributed by atoms with Crippen LogP contribution in [0.5, 0.6) is 17.2 Å². The van der Waals surface area contributed by atoms with Gasteiger partial charge < -0.3 is 15.2 Å². The second kappa shape index (κ2) is 8.45. The monoisotopic (exact) mass is 433 g/mol. The summed E-state index contributed by atoms with van der Waals surface area (Å²) in [5, 5.41) is 5.67. The molecular weight excluding hydrogens is 409 g/mol. The Kier molecular flexibility index (Phi) is 5.34. The number of methoxy groups -OCH3 is 1. The van der Waals surface area contributed by atoms with Crippen LogP contribution in [0.4, 0.5) is 10.2 Å². The first-order chi connectivity index (χ1) is 15.7. The number of nitrogen functional groups attached to an aromatic ring is 1. The molecule has 0 spiro atoms. The highest BCUT2D eigenvalue weighted by Gasteiger charge is 2.23. The van der Waals surface area contributed by atoms with Crippen molar-refractivity contribution in [2.45, 2.75) is 38.1 Å². The number of hydrogen-bond donors (Lipinski definition) is 1. The minimum Gasteiger partial charge on any atom is -0.494 e. The SMILES string of the molecule is COc1cccc(Oc2ccc(-c3nn(C4CCCCC4)c4ncnc(N)c34)cc2)c1F. The van der Waals surface area contributed by atoms with Gasteiger partial charge in [0, 0.05) is 5.56 Å². The molecule has 8 heteroatoms. The Balaban J connectivity index is 1.49. The van der Waals surface area contributed by atoms with Gasteiger partial charge >= 0.3 is 0 Å². The molecule has 0 amide bonds. The van der Waals surface area contributed by atoms with Gasteiger partial charge in [0.2, 0.25) is 5.82 Å². The van der Waals surface area contributed by atoms with Crippen LogP contribution in [0.2, 0.25) is 0 Å². The molecule has 0 radical (unpaired) electrons. The first-order valence-corrected chi connectivity index (χ1v) is 10.7. The number of fused-ring (bicyclic) bond motifs is 1. The topological polar surface area (TPSA) is 88.1 Å². The second-order valence-electron chi connectivity index (χ2n) is 7.94. The molecule has 0 unspecified atom stereocenters. The van der Waals surface area contributed by atoms with E-state index in [4.69, 9.17) is 20.3 Å². The van der Waals surface area contributed by atoms with Gasteiger partial charge in [-0.05, 0) is 49.2 Å². The van der Waals surface area contributed by atoms with Gasteiger partial charge in [-0.1, -0.05) is 25.3 Å². The largest absolute Gasteiger partial charge is 0.494 e. The minimum atomic E-state index is -0.541. The lowest BCUT2D eigenvalue weighted by atomic mass is 9.96. The Morgan fingerprint density at radius 2 is 1.75 bits per heavy atom. The maximum absolute atomic E-state index is 14.4. The third kappa shape index (κ3) is 3.62. The Hall–Kier alpha value is -3.68. The van der Waals surface area contributed by atoms with Gasteiger partial charge in [0.1, 0.15) is 23.6 Å². The highest BCUT2D eigenvalue weighted by molar-refractivity contribution is 5.98. The third-order valence-corrected chi connectivity index (χ3v) is 5.94. The van der Waals surface area contributed by atoms with Crippen molar-refractivity contribution < 1.29 is 13.9 Å². The van der Waals surface area contributed by atoms with Crippen LogP contribution in [-0.2, 0) is 0 Å². The molecule has 0 atom stereocenters. The number of nitrogens with two attached hydrogens (primary N) is 1. The van der Waals surface area contributed by atoms with E-state index < -0.39 is 5.82 Å². The smallest absolute Gasteiger partial charge is 0.207 e. The lowest BCUT2D eigenvalue weighted by Gasteiger charge is -2.22. The molecule has 2 aromatic carbocycles. The maximum atomic E-state index is 14.4. The first kappa shape index (κ1) is 20.2. The molecule has 164 valence electrons. The maximum Gasteiger partial charge on any atom is 0.207 e. The predicted molar refractivity (Wildman–Crippen MR) is 120 cm³/mol. The summed E-state index contributed by atoms with van der Waals surface area (Å²) in [6.45, 7) is 0. The van der Waals surface area contributed by atoms with E-state index >= 15 is 0 Å². The minimum absolute atomic E-state index is 0.0989. The predicted octanol–water partition coefficient (Wildman–Crippen LogP) is 5.52. The van der Waals surface area contributed by atoms with Crippen LogP contribution in [0.25, 0.3) is 22.3 Å². The van der Waals surface area contributed by atoms with Crippen LogP contribution in [0, 0.1) is 5.82 Å². The summed E-state index contributed by atoms with van der Waals surface area (Å²) in [4.78, 5) is 8.68. The lowest BCUT2D eigenvalue weighted by Crippen LogP contribution is -2.14. The zero-order valence-electron chi connectivity index (χ0n) is 17.8. The number of benzene rings is 2. The van der Waals surface area contributed by atoms with Crippen molar-refractivity contribution in [2.24, 2.45) is 0 Å². The Labute approximate surface area is 185 Å². The van der Waals surface area contributed by atoms with Gasteiger partial charge in [0.25, 0.3) is 0 Å². The van der Waals surface area contributed by atoms with Crippen molar-refractivity contribution in [1.29, 1.82) is 0 Å². The van der Waals surface area contributed by atoms with Gasteiger partial charge in [-0.3, -0.25) is 0 Å². The average molecular weight is 433 g/mol. The number of halogens is 1. The van der Waals surface area contributed by atoms with E-state index in [0.29, 0.717) is 17.6 Å². The fourth-order valence-electron chi connectivity index (χ4n) is 4.31. The molecule has 2 N–H and O–H groups in total. The molecule has 1 fully saturated rings. The molecule has 1 aliphatic carbocycles. The molecule has 5 rings (SSSR count). The lowest BCUT2D eigenvalue weighted by molar-refractivity contribution is 0.336. The average Bonchev–Trinajstić information content (AvgIpc) is 3.23. The molecule has 2 heterocycles. The van der Waals surface area contributed by atoms with E-state index in [-0.39, 0.29) is 11.5 Å². The first-order valence-electron chi connectivity index (χ1n) is 10.7. The molecule has 4 aromatic rings. The zero-order chi connectivity index (χ0) is 22.1. The number of ether oxygens (including phenoxy) is 2. The van der Waals surface area contributed by atoms with Crippen molar-refractivity contribution in [3.63, 3.8) is 0 Å². The van der Waals surface area contributed by atoms with Crippen molar-refractivity contribution in [3.05, 3.63) is 54.6 Å². The molecule has 1 saturated carbocycles. The normalized spacial score (nSPS) is 14.6. The van der Waals surface area contributed by atoms with E-state index in [2.05, 4.69) is 9.97 Å². The quantitative estimate of drug-likeness (QED) is 0.446. The van der Waals surface area contributed by atoms with Crippen LogP contribution < -0.4 is 15.2 Å². The number of hydrogen-bond acceptors (Lipinski definition) is 6. The van der Waals surface area contributed by atoms with Crippen LogP contribution in [0.15, 0.2) is 48.8 Å². The highest BCUT2D eigenvalue weighted by atomic mass is 19.1. The number of aromatic nitrogens is 4. The summed E-state index contributed by atoms with van der Waals surface area (Å²) < 4.78 is 27.2. The van der Waals surface area contributed by atoms with Crippen molar-refractivity contribution in [3.8, 4) is 28.5 Å². The zero-order valence-corrected chi connectivity index (χ0v) is 17.8. The molecule has 7 nitrogen and oxygen atoms in total. The molecule has 0 aliphatic heterocycles. The molecule has 2 aromatic heterocycles. The summed E-state index contributed by atoms with van der Waals surface area (Å²) in [7, 11) is 1.42. The standard InChI is InChI=1S/C24H24FN5O2/c1-31-18-8-5-9-19(21(18)25)32-17-12-10-15(11-13-17)22-20-23(26)27-14-28-24(20)30(29-22)16-6-3-2-4-7-16/h5,8-14,16H,2-4,6-7H2,1H3,(H2,26,27,28). The fourth-order valence-corrected chi connectivity index (χ4v) is 4.31. The van der Waals surface area contributed by atoms with E-state index in [1.807, 2.05) is 16.8 Å². The van der Waals surface area contributed by atoms with E-state index in [1.165, 1.54) is 32.7 Å². The summed E-state index contributed by atoms with van der Waals surface area (Å²) in [6, 6.07) is 12.4. The van der Waals surface area contributed by atoms with Crippen LogP contribution in [0.3, 0.4) is 0 Å². The van der Waals surface area contributed by atoms with Gasteiger partial charge in [-0.15, -0.1) is 0 Å². The number of anilines is 1. The summed E-state index contributed by atoms with van der Waals surface area (Å²) in [5.74, 6) is 0.601. The molecular formula is C24H24FN5O2. The highest BCUT2D eigenvalue weighted by Crippen LogP contribution is 2.37. The Morgan fingerprint density at radius 1 is 1.00 bits per heavy atom. The van der Waals surface area contributed by atoms with Crippen molar-refractivity contribution in [1.82, 2.24) is 19.7 Å². The van der Waals surface area contributed by atoms with Crippen LogP contribution >= 0.6 is 0 Å². The molecule has 1 aliphatic rings. The Morgan fingerprint density at radius 3 is 2.50 bits per heavy atom. The van der Waals surface area contributed by atoms with Crippen LogP contribution in [-0.4, -0.2) is 26.9 Å². The van der Waals surface area contributed by atoms with E-state index in [0.717, 1.165) is 35.1 Å².